The monoisotopic (exact) mass is 255 g/mol. The van der Waals surface area contributed by atoms with E-state index in [-0.39, 0.29) is 0 Å². The summed E-state index contributed by atoms with van der Waals surface area (Å²) in [5.74, 6) is 0. The van der Waals surface area contributed by atoms with Gasteiger partial charge in [-0.05, 0) is 24.6 Å². The standard InChI is InChI=1S/C12H12F3N3/c13-12(14,15)8-1-2-10(18-7-8)11(17)5-3-9(16)4-6-11/h1-5,7H,6,16-17H2. The van der Waals surface area contributed by atoms with Gasteiger partial charge in [-0.2, -0.15) is 13.2 Å². The summed E-state index contributed by atoms with van der Waals surface area (Å²) in [5, 5.41) is 0. The molecule has 0 amide bonds. The quantitative estimate of drug-likeness (QED) is 0.807. The molecule has 96 valence electrons. The molecular formula is C12H12F3N3. The average Bonchev–Trinajstić information content (AvgIpc) is 2.32. The van der Waals surface area contributed by atoms with Crippen molar-refractivity contribution in [2.75, 3.05) is 0 Å². The van der Waals surface area contributed by atoms with Crippen molar-refractivity contribution < 1.29 is 13.2 Å². The van der Waals surface area contributed by atoms with Crippen LogP contribution in [0.2, 0.25) is 0 Å². The summed E-state index contributed by atoms with van der Waals surface area (Å²) < 4.78 is 37.2. The Kier molecular flexibility index (Phi) is 2.90. The SMILES string of the molecule is NC1=CCC(N)(c2ccc(C(F)(F)F)cn2)C=C1. The van der Waals surface area contributed by atoms with Crippen LogP contribution in [0.1, 0.15) is 17.7 Å². The van der Waals surface area contributed by atoms with Crippen molar-refractivity contribution in [3.05, 3.63) is 53.5 Å². The number of halogens is 3. The predicted molar refractivity (Wildman–Crippen MR) is 61.1 cm³/mol. The number of hydrogen-bond donors (Lipinski definition) is 2. The molecule has 1 atom stereocenters. The van der Waals surface area contributed by atoms with Gasteiger partial charge in [0, 0.05) is 11.9 Å². The highest BCUT2D eigenvalue weighted by atomic mass is 19.4. The molecule has 4 N–H and O–H groups in total. The molecule has 1 aliphatic carbocycles. The van der Waals surface area contributed by atoms with Crippen LogP contribution in [-0.2, 0) is 11.7 Å². The minimum atomic E-state index is -4.39. The molecule has 1 heterocycles. The van der Waals surface area contributed by atoms with Gasteiger partial charge in [-0.1, -0.05) is 12.2 Å². The normalized spacial score (nSPS) is 23.9. The molecule has 1 unspecified atom stereocenters. The lowest BCUT2D eigenvalue weighted by Gasteiger charge is -2.26. The molecule has 0 aliphatic heterocycles. The molecule has 0 saturated heterocycles. The minimum Gasteiger partial charge on any atom is -0.399 e. The van der Waals surface area contributed by atoms with Gasteiger partial charge in [0.1, 0.15) is 0 Å². The van der Waals surface area contributed by atoms with Gasteiger partial charge in [-0.15, -0.1) is 0 Å². The number of nitrogens with two attached hydrogens (primary N) is 2. The van der Waals surface area contributed by atoms with Gasteiger partial charge in [-0.3, -0.25) is 4.98 Å². The van der Waals surface area contributed by atoms with Crippen molar-refractivity contribution >= 4 is 0 Å². The lowest BCUT2D eigenvalue weighted by Crippen LogP contribution is -2.36. The van der Waals surface area contributed by atoms with E-state index in [4.69, 9.17) is 11.5 Å². The van der Waals surface area contributed by atoms with Crippen LogP contribution >= 0.6 is 0 Å². The number of nitrogens with zero attached hydrogens (tertiary/aromatic N) is 1. The highest BCUT2D eigenvalue weighted by molar-refractivity contribution is 5.34. The lowest BCUT2D eigenvalue weighted by molar-refractivity contribution is -0.137. The van der Waals surface area contributed by atoms with Crippen LogP contribution in [-0.4, -0.2) is 4.98 Å². The van der Waals surface area contributed by atoms with Crippen molar-refractivity contribution in [3.63, 3.8) is 0 Å². The molecule has 0 bridgehead atoms. The Labute approximate surface area is 102 Å². The highest BCUT2D eigenvalue weighted by Crippen LogP contribution is 2.31. The Balaban J connectivity index is 2.28. The van der Waals surface area contributed by atoms with Crippen molar-refractivity contribution in [1.29, 1.82) is 0 Å². The molecule has 1 aromatic heterocycles. The van der Waals surface area contributed by atoms with E-state index in [0.717, 1.165) is 12.3 Å². The zero-order chi connectivity index (χ0) is 13.4. The van der Waals surface area contributed by atoms with Crippen LogP contribution in [0.15, 0.2) is 42.3 Å². The second kappa shape index (κ2) is 4.13. The van der Waals surface area contributed by atoms with E-state index in [1.165, 1.54) is 6.07 Å². The average molecular weight is 255 g/mol. The maximum Gasteiger partial charge on any atom is 0.417 e. The van der Waals surface area contributed by atoms with Gasteiger partial charge in [0.15, 0.2) is 0 Å². The summed E-state index contributed by atoms with van der Waals surface area (Å²) in [6.45, 7) is 0. The fourth-order valence-corrected chi connectivity index (χ4v) is 1.69. The Morgan fingerprint density at radius 2 is 2.00 bits per heavy atom. The van der Waals surface area contributed by atoms with E-state index >= 15 is 0 Å². The maximum atomic E-state index is 12.4. The van der Waals surface area contributed by atoms with E-state index in [1.807, 2.05) is 0 Å². The third-order valence-electron chi connectivity index (χ3n) is 2.82. The Hall–Kier alpha value is -1.82. The molecule has 0 aromatic carbocycles. The third-order valence-corrected chi connectivity index (χ3v) is 2.82. The minimum absolute atomic E-state index is 0.385. The Morgan fingerprint density at radius 3 is 2.44 bits per heavy atom. The van der Waals surface area contributed by atoms with Crippen LogP contribution in [0.4, 0.5) is 13.2 Å². The fourth-order valence-electron chi connectivity index (χ4n) is 1.69. The molecule has 6 heteroatoms. The van der Waals surface area contributed by atoms with E-state index in [0.29, 0.717) is 17.8 Å². The highest BCUT2D eigenvalue weighted by Gasteiger charge is 2.32. The van der Waals surface area contributed by atoms with Crippen LogP contribution in [0.3, 0.4) is 0 Å². The zero-order valence-corrected chi connectivity index (χ0v) is 9.41. The van der Waals surface area contributed by atoms with Crippen LogP contribution in [0, 0.1) is 0 Å². The van der Waals surface area contributed by atoms with Crippen LogP contribution in [0.25, 0.3) is 0 Å². The molecule has 0 fully saturated rings. The summed E-state index contributed by atoms with van der Waals surface area (Å²) in [6.07, 6.45) is 1.81. The molecular weight excluding hydrogens is 243 g/mol. The van der Waals surface area contributed by atoms with Gasteiger partial charge < -0.3 is 11.5 Å². The third kappa shape index (κ3) is 2.38. The second-order valence-electron chi connectivity index (χ2n) is 4.21. The van der Waals surface area contributed by atoms with Crippen molar-refractivity contribution in [2.45, 2.75) is 18.1 Å². The number of hydrogen-bond acceptors (Lipinski definition) is 3. The van der Waals surface area contributed by atoms with Crippen LogP contribution < -0.4 is 11.5 Å². The molecule has 3 nitrogen and oxygen atoms in total. The summed E-state index contributed by atoms with van der Waals surface area (Å²) in [6, 6.07) is 2.27. The first-order valence-electron chi connectivity index (χ1n) is 5.29. The van der Waals surface area contributed by atoms with Crippen molar-refractivity contribution in [1.82, 2.24) is 4.98 Å². The van der Waals surface area contributed by atoms with E-state index in [9.17, 15) is 13.2 Å². The lowest BCUT2D eigenvalue weighted by atomic mass is 9.87. The van der Waals surface area contributed by atoms with Crippen molar-refractivity contribution in [2.24, 2.45) is 11.5 Å². The van der Waals surface area contributed by atoms with Gasteiger partial charge in [0.05, 0.1) is 16.8 Å². The van der Waals surface area contributed by atoms with Gasteiger partial charge in [0.25, 0.3) is 0 Å². The van der Waals surface area contributed by atoms with Gasteiger partial charge in [-0.25, -0.2) is 0 Å². The number of allylic oxidation sites excluding steroid dienone is 1. The topological polar surface area (TPSA) is 64.9 Å². The molecule has 18 heavy (non-hydrogen) atoms. The molecule has 0 saturated carbocycles. The second-order valence-corrected chi connectivity index (χ2v) is 4.21. The van der Waals surface area contributed by atoms with Crippen LogP contribution in [0.5, 0.6) is 0 Å². The number of rotatable bonds is 1. The zero-order valence-electron chi connectivity index (χ0n) is 9.41. The Morgan fingerprint density at radius 1 is 1.28 bits per heavy atom. The number of alkyl halides is 3. The summed E-state index contributed by atoms with van der Waals surface area (Å²) in [5.41, 5.74) is 10.9. The van der Waals surface area contributed by atoms with E-state index in [1.54, 1.807) is 18.2 Å². The predicted octanol–water partition coefficient (Wildman–Crippen LogP) is 2.06. The molecule has 0 radical (unpaired) electrons. The summed E-state index contributed by atoms with van der Waals surface area (Å²) >= 11 is 0. The van der Waals surface area contributed by atoms with Gasteiger partial charge >= 0.3 is 6.18 Å². The van der Waals surface area contributed by atoms with E-state index < -0.39 is 17.3 Å². The van der Waals surface area contributed by atoms with E-state index in [2.05, 4.69) is 4.98 Å². The fraction of sp³-hybridized carbons (Fsp3) is 0.250. The molecule has 0 spiro atoms. The number of pyridine rings is 1. The number of aromatic nitrogens is 1. The summed E-state index contributed by atoms with van der Waals surface area (Å²) in [7, 11) is 0. The largest absolute Gasteiger partial charge is 0.417 e. The smallest absolute Gasteiger partial charge is 0.399 e. The summed E-state index contributed by atoms with van der Waals surface area (Å²) in [4.78, 5) is 3.80. The first-order chi connectivity index (χ1) is 8.31. The first-order valence-corrected chi connectivity index (χ1v) is 5.29. The molecule has 1 aromatic rings. The Bertz CT molecular complexity index is 502. The van der Waals surface area contributed by atoms with Crippen molar-refractivity contribution in [3.8, 4) is 0 Å². The maximum absolute atomic E-state index is 12.4. The van der Waals surface area contributed by atoms with Gasteiger partial charge in [0.2, 0.25) is 0 Å². The molecule has 2 rings (SSSR count). The first kappa shape index (κ1) is 12.6. The molecule has 1 aliphatic rings.